The summed E-state index contributed by atoms with van der Waals surface area (Å²) in [5.74, 6) is -0.579. The zero-order chi connectivity index (χ0) is 25.9. The molecule has 1 aliphatic heterocycles. The number of hydrogen-bond acceptors (Lipinski definition) is 4. The first-order chi connectivity index (χ1) is 17.9. The molecule has 1 aromatic heterocycles. The normalized spacial score (nSPS) is 14.5. The molecule has 0 saturated heterocycles. The lowest BCUT2D eigenvalue weighted by atomic mass is 9.93. The largest absolute Gasteiger partial charge is 0.343 e. The summed E-state index contributed by atoms with van der Waals surface area (Å²) in [6.07, 6.45) is 2.36. The average molecular weight is 496 g/mol. The highest BCUT2D eigenvalue weighted by Gasteiger charge is 2.35. The van der Waals surface area contributed by atoms with Gasteiger partial charge in [-0.3, -0.25) is 9.59 Å². The van der Waals surface area contributed by atoms with Gasteiger partial charge < -0.3 is 16.0 Å². The number of para-hydroxylation sites is 1. The van der Waals surface area contributed by atoms with Gasteiger partial charge in [0, 0.05) is 17.1 Å². The molecule has 0 aliphatic carbocycles. The molecular formula is C29H26FN5O2. The SMILES string of the molecule is CCc1ccc([C@@H]2C(C(=O)Nc3ccccc3)=C(C)Nc3c(C(=O)Nc4ccc(F)cc4)cnn32)cc1. The lowest BCUT2D eigenvalue weighted by Gasteiger charge is -2.30. The second-order valence-corrected chi connectivity index (χ2v) is 8.79. The number of allylic oxidation sites excluding steroid dienone is 1. The van der Waals surface area contributed by atoms with E-state index in [0.717, 1.165) is 12.0 Å². The highest BCUT2D eigenvalue weighted by molar-refractivity contribution is 6.09. The molecule has 1 atom stereocenters. The molecule has 1 aliphatic rings. The highest BCUT2D eigenvalue weighted by Crippen LogP contribution is 2.38. The van der Waals surface area contributed by atoms with Crippen LogP contribution in [0.3, 0.4) is 0 Å². The van der Waals surface area contributed by atoms with E-state index < -0.39 is 11.9 Å². The topological polar surface area (TPSA) is 88.1 Å². The third-order valence-corrected chi connectivity index (χ3v) is 6.35. The van der Waals surface area contributed by atoms with E-state index in [1.807, 2.05) is 61.5 Å². The van der Waals surface area contributed by atoms with Crippen molar-refractivity contribution >= 4 is 29.0 Å². The van der Waals surface area contributed by atoms with Crippen LogP contribution in [0.15, 0.2) is 96.3 Å². The monoisotopic (exact) mass is 495 g/mol. The third-order valence-electron chi connectivity index (χ3n) is 6.35. The van der Waals surface area contributed by atoms with Gasteiger partial charge in [0.2, 0.25) is 0 Å². The van der Waals surface area contributed by atoms with Gasteiger partial charge in [0.25, 0.3) is 11.8 Å². The van der Waals surface area contributed by atoms with Gasteiger partial charge in [-0.05, 0) is 60.9 Å². The lowest BCUT2D eigenvalue weighted by Crippen LogP contribution is -2.32. The molecule has 186 valence electrons. The summed E-state index contributed by atoms with van der Waals surface area (Å²) in [7, 11) is 0. The first kappa shape index (κ1) is 24.0. The molecule has 0 saturated carbocycles. The number of amides is 2. The van der Waals surface area contributed by atoms with Crippen LogP contribution >= 0.6 is 0 Å². The maximum absolute atomic E-state index is 13.5. The number of aryl methyl sites for hydroxylation is 1. The Hall–Kier alpha value is -4.72. The zero-order valence-corrected chi connectivity index (χ0v) is 20.5. The quantitative estimate of drug-likeness (QED) is 0.317. The third kappa shape index (κ3) is 4.86. The van der Waals surface area contributed by atoms with Crippen molar-refractivity contribution in [3.8, 4) is 0 Å². The van der Waals surface area contributed by atoms with Crippen LogP contribution in [0.2, 0.25) is 0 Å². The molecule has 3 aromatic carbocycles. The number of carbonyl (C=O) groups excluding carboxylic acids is 2. The van der Waals surface area contributed by atoms with Crippen molar-refractivity contribution in [3.05, 3.63) is 119 Å². The summed E-state index contributed by atoms with van der Waals surface area (Å²) in [5, 5.41) is 13.5. The van der Waals surface area contributed by atoms with Crippen molar-refractivity contribution in [3.63, 3.8) is 0 Å². The maximum Gasteiger partial charge on any atom is 0.261 e. The minimum atomic E-state index is -0.557. The fourth-order valence-electron chi connectivity index (χ4n) is 4.41. The van der Waals surface area contributed by atoms with Crippen LogP contribution in [0.1, 0.15) is 41.4 Å². The number of carbonyl (C=O) groups is 2. The minimum Gasteiger partial charge on any atom is -0.343 e. The summed E-state index contributed by atoms with van der Waals surface area (Å²) in [5.41, 5.74) is 4.60. The van der Waals surface area contributed by atoms with E-state index in [9.17, 15) is 14.0 Å². The molecule has 0 spiro atoms. The summed E-state index contributed by atoms with van der Waals surface area (Å²) in [6.45, 7) is 3.89. The molecule has 37 heavy (non-hydrogen) atoms. The highest BCUT2D eigenvalue weighted by atomic mass is 19.1. The van der Waals surface area contributed by atoms with Gasteiger partial charge in [0.15, 0.2) is 0 Å². The zero-order valence-electron chi connectivity index (χ0n) is 20.5. The summed E-state index contributed by atoms with van der Waals surface area (Å²) in [4.78, 5) is 26.7. The molecule has 0 fully saturated rings. The minimum absolute atomic E-state index is 0.265. The van der Waals surface area contributed by atoms with E-state index in [1.54, 1.807) is 4.68 Å². The van der Waals surface area contributed by atoms with E-state index in [-0.39, 0.29) is 11.7 Å². The smallest absolute Gasteiger partial charge is 0.261 e. The first-order valence-electron chi connectivity index (χ1n) is 12.0. The van der Waals surface area contributed by atoms with E-state index in [2.05, 4.69) is 28.0 Å². The second kappa shape index (κ2) is 10.1. The number of aromatic nitrogens is 2. The summed E-state index contributed by atoms with van der Waals surface area (Å²) in [6, 6.07) is 22.3. The average Bonchev–Trinajstić information content (AvgIpc) is 3.33. The Balaban J connectivity index is 1.53. The number of nitrogens with zero attached hydrogens (tertiary/aromatic N) is 2. The molecule has 0 radical (unpaired) electrons. The number of fused-ring (bicyclic) bond motifs is 1. The number of rotatable bonds is 6. The van der Waals surface area contributed by atoms with Crippen molar-refractivity contribution in [1.82, 2.24) is 9.78 Å². The molecule has 8 heteroatoms. The van der Waals surface area contributed by atoms with Gasteiger partial charge in [-0.2, -0.15) is 5.10 Å². The van der Waals surface area contributed by atoms with Gasteiger partial charge in [-0.25, -0.2) is 9.07 Å². The van der Waals surface area contributed by atoms with Crippen molar-refractivity contribution < 1.29 is 14.0 Å². The molecule has 2 heterocycles. The number of halogens is 1. The Labute approximate surface area is 214 Å². The Morgan fingerprint density at radius 2 is 1.57 bits per heavy atom. The predicted molar refractivity (Wildman–Crippen MR) is 142 cm³/mol. The van der Waals surface area contributed by atoms with Crippen LogP contribution in [0.4, 0.5) is 21.6 Å². The summed E-state index contributed by atoms with van der Waals surface area (Å²) >= 11 is 0. The van der Waals surface area contributed by atoms with Gasteiger partial charge >= 0.3 is 0 Å². The van der Waals surface area contributed by atoms with Gasteiger partial charge in [0.1, 0.15) is 23.2 Å². The molecular weight excluding hydrogens is 469 g/mol. The Bertz CT molecular complexity index is 1480. The number of anilines is 3. The van der Waals surface area contributed by atoms with E-state index in [1.165, 1.54) is 36.0 Å². The first-order valence-corrected chi connectivity index (χ1v) is 12.0. The fourth-order valence-corrected chi connectivity index (χ4v) is 4.41. The van der Waals surface area contributed by atoms with Crippen LogP contribution in [-0.4, -0.2) is 21.6 Å². The van der Waals surface area contributed by atoms with Crippen LogP contribution in [0, 0.1) is 5.82 Å². The Morgan fingerprint density at radius 3 is 2.24 bits per heavy atom. The van der Waals surface area contributed by atoms with Crippen molar-refractivity contribution in [2.75, 3.05) is 16.0 Å². The Morgan fingerprint density at radius 1 is 0.919 bits per heavy atom. The summed E-state index contributed by atoms with van der Waals surface area (Å²) < 4.78 is 14.9. The van der Waals surface area contributed by atoms with E-state index >= 15 is 0 Å². The van der Waals surface area contributed by atoms with Crippen LogP contribution in [0.25, 0.3) is 0 Å². The number of benzene rings is 3. The van der Waals surface area contributed by atoms with Crippen molar-refractivity contribution in [2.24, 2.45) is 0 Å². The molecule has 3 N–H and O–H groups in total. The van der Waals surface area contributed by atoms with Crippen LogP contribution < -0.4 is 16.0 Å². The standard InChI is InChI=1S/C29H26FN5O2/c1-3-19-9-11-20(12-10-19)26-25(29(37)34-22-7-5-4-6-8-22)18(2)32-27-24(17-31-35(26)27)28(36)33-23-15-13-21(30)14-16-23/h4-17,26,32H,3H2,1-2H3,(H,33,36)(H,34,37)/t26-/m1/s1. The van der Waals surface area contributed by atoms with E-state index in [4.69, 9.17) is 0 Å². The molecule has 2 amide bonds. The molecule has 0 unspecified atom stereocenters. The molecule has 0 bridgehead atoms. The molecule has 7 nitrogen and oxygen atoms in total. The lowest BCUT2D eigenvalue weighted by molar-refractivity contribution is -0.113. The van der Waals surface area contributed by atoms with E-state index in [0.29, 0.717) is 34.0 Å². The second-order valence-electron chi connectivity index (χ2n) is 8.79. The predicted octanol–water partition coefficient (Wildman–Crippen LogP) is 5.76. The number of hydrogen-bond donors (Lipinski definition) is 3. The van der Waals surface area contributed by atoms with Crippen molar-refractivity contribution in [1.29, 1.82) is 0 Å². The molecule has 5 rings (SSSR count). The van der Waals surface area contributed by atoms with Gasteiger partial charge in [-0.15, -0.1) is 0 Å². The van der Waals surface area contributed by atoms with Gasteiger partial charge in [0.05, 0.1) is 11.8 Å². The van der Waals surface area contributed by atoms with Crippen LogP contribution in [-0.2, 0) is 11.2 Å². The van der Waals surface area contributed by atoms with Gasteiger partial charge in [-0.1, -0.05) is 49.4 Å². The maximum atomic E-state index is 13.5. The van der Waals surface area contributed by atoms with Crippen LogP contribution in [0.5, 0.6) is 0 Å². The molecule has 4 aromatic rings. The fraction of sp³-hybridized carbons (Fsp3) is 0.138. The number of nitrogens with one attached hydrogen (secondary N) is 3. The Kier molecular flexibility index (Phi) is 6.55. The van der Waals surface area contributed by atoms with Crippen molar-refractivity contribution in [2.45, 2.75) is 26.3 Å².